The highest BCUT2D eigenvalue weighted by Crippen LogP contribution is 2.22. The molecule has 0 unspecified atom stereocenters. The molecule has 0 bridgehead atoms. The van der Waals surface area contributed by atoms with Crippen molar-refractivity contribution in [3.8, 4) is 0 Å². The van der Waals surface area contributed by atoms with Gasteiger partial charge >= 0.3 is 0 Å². The molecule has 1 aliphatic heterocycles. The number of hydrogen-bond acceptors (Lipinski definition) is 2. The van der Waals surface area contributed by atoms with Crippen LogP contribution >= 0.6 is 0 Å². The van der Waals surface area contributed by atoms with Gasteiger partial charge in [-0.15, -0.1) is 0 Å². The minimum Gasteiger partial charge on any atom is -0.339 e. The van der Waals surface area contributed by atoms with Gasteiger partial charge in [-0.2, -0.15) is 5.10 Å². The van der Waals surface area contributed by atoms with E-state index in [1.54, 1.807) is 6.20 Å². The van der Waals surface area contributed by atoms with E-state index in [4.69, 9.17) is 0 Å². The zero-order valence-corrected chi connectivity index (χ0v) is 11.9. The topological polar surface area (TPSA) is 38.1 Å². The van der Waals surface area contributed by atoms with E-state index in [2.05, 4.69) is 32.8 Å². The molecule has 1 amide bonds. The summed E-state index contributed by atoms with van der Waals surface area (Å²) in [6.07, 6.45) is 4.83. The first-order valence-electron chi connectivity index (χ1n) is 6.81. The first-order chi connectivity index (χ1) is 8.45. The number of nitrogens with zero attached hydrogens (tertiary/aromatic N) is 3. The van der Waals surface area contributed by atoms with Crippen LogP contribution in [0.25, 0.3) is 0 Å². The molecule has 2 rings (SSSR count). The zero-order chi connectivity index (χ0) is 13.3. The van der Waals surface area contributed by atoms with Gasteiger partial charge in [-0.25, -0.2) is 0 Å². The fourth-order valence-electron chi connectivity index (χ4n) is 2.56. The van der Waals surface area contributed by atoms with E-state index in [-0.39, 0.29) is 11.4 Å². The molecular formula is C14H23N3O. The first-order valence-corrected chi connectivity index (χ1v) is 6.81. The molecule has 0 aromatic carbocycles. The third-order valence-corrected chi connectivity index (χ3v) is 3.46. The molecule has 1 aromatic heterocycles. The third kappa shape index (κ3) is 2.28. The van der Waals surface area contributed by atoms with Crippen LogP contribution in [0.3, 0.4) is 0 Å². The second kappa shape index (κ2) is 4.75. The number of amides is 1. The van der Waals surface area contributed by atoms with Crippen molar-refractivity contribution in [3.05, 3.63) is 17.5 Å². The fourth-order valence-corrected chi connectivity index (χ4v) is 2.56. The van der Waals surface area contributed by atoms with E-state index in [1.165, 1.54) is 0 Å². The summed E-state index contributed by atoms with van der Waals surface area (Å²) in [5.41, 5.74) is 1.77. The molecule has 0 N–H and O–H groups in total. The Balaban J connectivity index is 2.33. The van der Waals surface area contributed by atoms with Crippen LogP contribution in [-0.4, -0.2) is 33.7 Å². The number of carbonyl (C=O) groups is 1. The van der Waals surface area contributed by atoms with Crippen molar-refractivity contribution in [3.63, 3.8) is 0 Å². The van der Waals surface area contributed by atoms with Crippen LogP contribution < -0.4 is 0 Å². The molecule has 100 valence electrons. The summed E-state index contributed by atoms with van der Waals surface area (Å²) in [5.74, 6) is 0.153. The molecule has 18 heavy (non-hydrogen) atoms. The molecule has 0 atom stereocenters. The normalized spacial score (nSPS) is 16.3. The maximum Gasteiger partial charge on any atom is 0.257 e. The zero-order valence-electron chi connectivity index (χ0n) is 11.9. The maximum atomic E-state index is 12.4. The van der Waals surface area contributed by atoms with E-state index in [1.807, 2.05) is 9.58 Å². The Morgan fingerprint density at radius 2 is 1.94 bits per heavy atom. The third-order valence-electron chi connectivity index (χ3n) is 3.46. The van der Waals surface area contributed by atoms with Crippen LogP contribution in [0.15, 0.2) is 6.20 Å². The van der Waals surface area contributed by atoms with Crippen molar-refractivity contribution in [2.75, 3.05) is 13.1 Å². The van der Waals surface area contributed by atoms with Crippen molar-refractivity contribution in [1.29, 1.82) is 0 Å². The van der Waals surface area contributed by atoms with E-state index < -0.39 is 0 Å². The molecule has 4 heteroatoms. The van der Waals surface area contributed by atoms with Gasteiger partial charge in [-0.3, -0.25) is 9.48 Å². The Morgan fingerprint density at radius 3 is 2.44 bits per heavy atom. The van der Waals surface area contributed by atoms with Gasteiger partial charge in [0.05, 0.1) is 23.0 Å². The van der Waals surface area contributed by atoms with Crippen molar-refractivity contribution >= 4 is 5.91 Å². The lowest BCUT2D eigenvalue weighted by Gasteiger charge is -2.23. The van der Waals surface area contributed by atoms with Crippen molar-refractivity contribution in [2.45, 2.75) is 52.5 Å². The Hall–Kier alpha value is -1.32. The van der Waals surface area contributed by atoms with E-state index >= 15 is 0 Å². The lowest BCUT2D eigenvalue weighted by atomic mass is 10.1. The van der Waals surface area contributed by atoms with Gasteiger partial charge in [0.25, 0.3) is 5.91 Å². The smallest absolute Gasteiger partial charge is 0.257 e. The Morgan fingerprint density at radius 1 is 1.33 bits per heavy atom. The molecule has 1 fully saturated rings. The first kappa shape index (κ1) is 13.1. The van der Waals surface area contributed by atoms with Crippen LogP contribution in [0.2, 0.25) is 0 Å². The number of aromatic nitrogens is 2. The van der Waals surface area contributed by atoms with Crippen LogP contribution in [0, 0.1) is 0 Å². The average Bonchev–Trinajstić information content (AvgIpc) is 2.96. The minimum absolute atomic E-state index is 0.0745. The minimum atomic E-state index is -0.0745. The summed E-state index contributed by atoms with van der Waals surface area (Å²) < 4.78 is 1.98. The lowest BCUT2D eigenvalue weighted by Crippen LogP contribution is -2.30. The van der Waals surface area contributed by atoms with Crippen molar-refractivity contribution in [2.24, 2.45) is 0 Å². The summed E-state index contributed by atoms with van der Waals surface area (Å²) in [7, 11) is 0. The van der Waals surface area contributed by atoms with Gasteiger partial charge in [0, 0.05) is 13.1 Å². The van der Waals surface area contributed by atoms with Crippen LogP contribution in [0.5, 0.6) is 0 Å². The van der Waals surface area contributed by atoms with Crippen molar-refractivity contribution < 1.29 is 4.79 Å². The lowest BCUT2D eigenvalue weighted by molar-refractivity contribution is 0.0791. The summed E-state index contributed by atoms with van der Waals surface area (Å²) in [6.45, 7) is 10.2. The van der Waals surface area contributed by atoms with Gasteiger partial charge in [-0.1, -0.05) is 6.92 Å². The monoisotopic (exact) mass is 249 g/mol. The molecule has 0 spiro atoms. The Kier molecular flexibility index (Phi) is 3.46. The molecule has 2 heterocycles. The fraction of sp³-hybridized carbons (Fsp3) is 0.714. The number of hydrogen-bond donors (Lipinski definition) is 0. The average molecular weight is 249 g/mol. The maximum absolute atomic E-state index is 12.4. The van der Waals surface area contributed by atoms with Gasteiger partial charge in [-0.05, 0) is 40.0 Å². The molecule has 1 aromatic rings. The van der Waals surface area contributed by atoms with Gasteiger partial charge in [0.1, 0.15) is 0 Å². The molecular weight excluding hydrogens is 226 g/mol. The Bertz CT molecular complexity index is 436. The summed E-state index contributed by atoms with van der Waals surface area (Å²) in [6, 6.07) is 0. The summed E-state index contributed by atoms with van der Waals surface area (Å²) >= 11 is 0. The quantitative estimate of drug-likeness (QED) is 0.807. The summed E-state index contributed by atoms with van der Waals surface area (Å²) in [5, 5.41) is 4.42. The second-order valence-corrected chi connectivity index (χ2v) is 5.94. The highest BCUT2D eigenvalue weighted by molar-refractivity contribution is 5.95. The highest BCUT2D eigenvalue weighted by Gasteiger charge is 2.27. The van der Waals surface area contributed by atoms with Crippen LogP contribution in [0.4, 0.5) is 0 Å². The SMILES string of the molecule is CCc1c(C(=O)N2CCCC2)cnn1C(C)(C)C. The van der Waals surface area contributed by atoms with Crippen LogP contribution in [0.1, 0.15) is 56.6 Å². The van der Waals surface area contributed by atoms with Crippen molar-refractivity contribution in [1.82, 2.24) is 14.7 Å². The number of rotatable bonds is 2. The van der Waals surface area contributed by atoms with Crippen LogP contribution in [-0.2, 0) is 12.0 Å². The number of carbonyl (C=O) groups excluding carboxylic acids is 1. The van der Waals surface area contributed by atoms with E-state index in [9.17, 15) is 4.79 Å². The van der Waals surface area contributed by atoms with Gasteiger partial charge < -0.3 is 4.90 Å². The van der Waals surface area contributed by atoms with E-state index in [0.717, 1.165) is 43.6 Å². The largest absolute Gasteiger partial charge is 0.339 e. The molecule has 0 saturated carbocycles. The molecule has 0 aliphatic carbocycles. The predicted octanol–water partition coefficient (Wildman–Crippen LogP) is 2.44. The van der Waals surface area contributed by atoms with E-state index in [0.29, 0.717) is 0 Å². The van der Waals surface area contributed by atoms with Gasteiger partial charge in [0.15, 0.2) is 0 Å². The van der Waals surface area contributed by atoms with Gasteiger partial charge in [0.2, 0.25) is 0 Å². The predicted molar refractivity (Wildman–Crippen MR) is 71.7 cm³/mol. The second-order valence-electron chi connectivity index (χ2n) is 5.94. The number of likely N-dealkylation sites (tertiary alicyclic amines) is 1. The highest BCUT2D eigenvalue weighted by atomic mass is 16.2. The molecule has 4 nitrogen and oxygen atoms in total. The molecule has 1 aliphatic rings. The summed E-state index contributed by atoms with van der Waals surface area (Å²) in [4.78, 5) is 14.4. The standard InChI is InChI=1S/C14H23N3O/c1-5-12-11(10-15-17(12)14(2,3)4)13(18)16-8-6-7-9-16/h10H,5-9H2,1-4H3. The Labute approximate surface area is 109 Å². The molecule has 0 radical (unpaired) electrons. The molecule has 1 saturated heterocycles.